The molecule has 5 nitrogen and oxygen atoms in total. The molecule has 0 fully saturated rings. The minimum Gasteiger partial charge on any atom is -0.353 e. The Bertz CT molecular complexity index is 150. The lowest BCUT2D eigenvalue weighted by molar-refractivity contribution is -0.140. The van der Waals surface area contributed by atoms with Crippen LogP contribution < -0.4 is 0 Å². The minimum absolute atomic E-state index is 0.148. The van der Waals surface area contributed by atoms with Gasteiger partial charge in [-0.25, -0.2) is 0 Å². The quantitative estimate of drug-likeness (QED) is 0.320. The summed E-state index contributed by atoms with van der Waals surface area (Å²) in [7, 11) is 0. The van der Waals surface area contributed by atoms with Crippen LogP contribution in [0.2, 0.25) is 0 Å². The molecule has 0 amide bonds. The molecule has 5 heteroatoms. The van der Waals surface area contributed by atoms with Gasteiger partial charge in [0.05, 0.1) is 5.29 Å². The second-order valence-corrected chi connectivity index (χ2v) is 3.11. The van der Waals surface area contributed by atoms with Crippen molar-refractivity contribution in [2.24, 2.45) is 5.29 Å². The maximum atomic E-state index is 10.3. The van der Waals surface area contributed by atoms with E-state index in [0.717, 1.165) is 12.8 Å². The zero-order valence-electron chi connectivity index (χ0n) is 9.94. The molecule has 0 aromatic carbocycles. The first-order valence-corrected chi connectivity index (χ1v) is 5.59. The van der Waals surface area contributed by atoms with Gasteiger partial charge in [-0.3, -0.25) is 5.01 Å². The summed E-state index contributed by atoms with van der Waals surface area (Å²) in [4.78, 5) is 10.3. The maximum Gasteiger partial charge on any atom is 0.157 e. The van der Waals surface area contributed by atoms with E-state index in [4.69, 9.17) is 9.47 Å². The number of hydrogen-bond donors (Lipinski definition) is 0. The van der Waals surface area contributed by atoms with Gasteiger partial charge in [-0.05, 0) is 27.2 Å². The van der Waals surface area contributed by atoms with Crippen LogP contribution in [0.3, 0.4) is 0 Å². The Morgan fingerprint density at radius 2 is 1.80 bits per heavy atom. The van der Waals surface area contributed by atoms with Crippen LogP contribution in [0, 0.1) is 4.91 Å². The van der Waals surface area contributed by atoms with Crippen molar-refractivity contribution in [3.05, 3.63) is 4.91 Å². The Labute approximate surface area is 91.7 Å². The Kier molecular flexibility index (Phi) is 9.41. The Morgan fingerprint density at radius 1 is 1.20 bits per heavy atom. The van der Waals surface area contributed by atoms with E-state index in [1.165, 1.54) is 5.01 Å². The molecular weight excluding hydrogens is 196 g/mol. The van der Waals surface area contributed by atoms with Crippen LogP contribution in [-0.4, -0.2) is 37.6 Å². The third-order valence-electron chi connectivity index (χ3n) is 2.04. The fraction of sp³-hybridized carbons (Fsp3) is 1.00. The molecule has 0 atom stereocenters. The lowest BCUT2D eigenvalue weighted by Gasteiger charge is -2.18. The smallest absolute Gasteiger partial charge is 0.157 e. The van der Waals surface area contributed by atoms with Crippen molar-refractivity contribution in [3.63, 3.8) is 0 Å². The van der Waals surface area contributed by atoms with Crippen LogP contribution in [0.15, 0.2) is 5.29 Å². The van der Waals surface area contributed by atoms with Crippen LogP contribution in [0.5, 0.6) is 0 Å². The fourth-order valence-electron chi connectivity index (χ4n) is 1.28. The summed E-state index contributed by atoms with van der Waals surface area (Å²) in [5, 5.41) is 4.39. The molecule has 0 radical (unpaired) electrons. The third kappa shape index (κ3) is 7.27. The Hall–Kier alpha value is -0.680. The largest absolute Gasteiger partial charge is 0.353 e. The Morgan fingerprint density at radius 3 is 2.20 bits per heavy atom. The molecule has 0 unspecified atom stereocenters. The van der Waals surface area contributed by atoms with E-state index in [2.05, 4.69) is 5.29 Å². The molecule has 0 aliphatic heterocycles. The predicted octanol–water partition coefficient (Wildman–Crippen LogP) is 2.17. The SMILES string of the molecule is CCOC(CCCN(CC)N=O)OCC. The number of nitrogens with zero attached hydrogens (tertiary/aromatic N) is 2. The van der Waals surface area contributed by atoms with Crippen LogP contribution in [-0.2, 0) is 9.47 Å². The predicted molar refractivity (Wildman–Crippen MR) is 59.3 cm³/mol. The Balaban J connectivity index is 3.63. The van der Waals surface area contributed by atoms with E-state index in [0.29, 0.717) is 26.3 Å². The van der Waals surface area contributed by atoms with Crippen molar-refractivity contribution < 1.29 is 9.47 Å². The van der Waals surface area contributed by atoms with Gasteiger partial charge in [0.1, 0.15) is 0 Å². The van der Waals surface area contributed by atoms with Gasteiger partial charge in [-0.15, -0.1) is 4.91 Å². The topological polar surface area (TPSA) is 51.1 Å². The van der Waals surface area contributed by atoms with E-state index in [1.54, 1.807) is 0 Å². The highest BCUT2D eigenvalue weighted by Crippen LogP contribution is 2.05. The van der Waals surface area contributed by atoms with Gasteiger partial charge in [0.15, 0.2) is 6.29 Å². The lowest BCUT2D eigenvalue weighted by atomic mass is 10.3. The van der Waals surface area contributed by atoms with Crippen molar-refractivity contribution in [1.82, 2.24) is 5.01 Å². The summed E-state index contributed by atoms with van der Waals surface area (Å²) in [6, 6.07) is 0. The first kappa shape index (κ1) is 14.3. The molecule has 0 aliphatic carbocycles. The summed E-state index contributed by atoms with van der Waals surface area (Å²) >= 11 is 0. The van der Waals surface area contributed by atoms with Crippen LogP contribution in [0.4, 0.5) is 0 Å². The summed E-state index contributed by atoms with van der Waals surface area (Å²) in [5.74, 6) is 0. The number of rotatable bonds is 10. The molecule has 0 saturated carbocycles. The van der Waals surface area contributed by atoms with Crippen molar-refractivity contribution in [1.29, 1.82) is 0 Å². The molecule has 15 heavy (non-hydrogen) atoms. The van der Waals surface area contributed by atoms with E-state index in [1.807, 2.05) is 20.8 Å². The number of nitroso groups, excluding NO2 is 1. The monoisotopic (exact) mass is 218 g/mol. The van der Waals surface area contributed by atoms with Crippen LogP contribution in [0.25, 0.3) is 0 Å². The van der Waals surface area contributed by atoms with Gasteiger partial charge < -0.3 is 9.47 Å². The van der Waals surface area contributed by atoms with Gasteiger partial charge in [-0.1, -0.05) is 0 Å². The highest BCUT2D eigenvalue weighted by atomic mass is 16.7. The molecule has 90 valence electrons. The molecule has 0 aromatic heterocycles. The van der Waals surface area contributed by atoms with Crippen molar-refractivity contribution in [3.8, 4) is 0 Å². The first-order chi connectivity index (χ1) is 7.28. The zero-order chi connectivity index (χ0) is 11.5. The third-order valence-corrected chi connectivity index (χ3v) is 2.04. The molecule has 0 bridgehead atoms. The standard InChI is InChI=1S/C10H22N2O3/c1-4-12(11-13)9-7-8-10(14-5-2)15-6-3/h10H,4-9H2,1-3H3. The first-order valence-electron chi connectivity index (χ1n) is 5.59. The van der Waals surface area contributed by atoms with Gasteiger partial charge >= 0.3 is 0 Å². The fourth-order valence-corrected chi connectivity index (χ4v) is 1.28. The zero-order valence-corrected chi connectivity index (χ0v) is 9.94. The molecule has 0 heterocycles. The van der Waals surface area contributed by atoms with Crippen LogP contribution >= 0.6 is 0 Å². The second-order valence-electron chi connectivity index (χ2n) is 3.11. The van der Waals surface area contributed by atoms with E-state index in [9.17, 15) is 4.91 Å². The highest BCUT2D eigenvalue weighted by molar-refractivity contribution is 4.52. The second kappa shape index (κ2) is 9.86. The minimum atomic E-state index is -0.148. The van der Waals surface area contributed by atoms with Crippen molar-refractivity contribution in [2.75, 3.05) is 26.3 Å². The molecule has 0 aliphatic rings. The van der Waals surface area contributed by atoms with Crippen molar-refractivity contribution in [2.45, 2.75) is 39.9 Å². The molecule has 0 rings (SSSR count). The summed E-state index contributed by atoms with van der Waals surface area (Å²) in [5.41, 5.74) is 0. The van der Waals surface area contributed by atoms with Gasteiger partial charge in [0, 0.05) is 32.7 Å². The number of hydrogen-bond acceptors (Lipinski definition) is 4. The van der Waals surface area contributed by atoms with Crippen molar-refractivity contribution >= 4 is 0 Å². The van der Waals surface area contributed by atoms with Gasteiger partial charge in [-0.2, -0.15) is 0 Å². The molecule has 0 N–H and O–H groups in total. The summed E-state index contributed by atoms with van der Waals surface area (Å²) in [6.07, 6.45) is 1.50. The molecule has 0 spiro atoms. The van der Waals surface area contributed by atoms with Gasteiger partial charge in [0.25, 0.3) is 0 Å². The lowest BCUT2D eigenvalue weighted by Crippen LogP contribution is -2.22. The average molecular weight is 218 g/mol. The highest BCUT2D eigenvalue weighted by Gasteiger charge is 2.08. The van der Waals surface area contributed by atoms with Crippen LogP contribution in [0.1, 0.15) is 33.6 Å². The molecular formula is C10H22N2O3. The summed E-state index contributed by atoms with van der Waals surface area (Å²) in [6.45, 7) is 8.40. The normalized spacial score (nSPS) is 10.7. The number of ether oxygens (including phenoxy) is 2. The maximum absolute atomic E-state index is 10.3. The van der Waals surface area contributed by atoms with E-state index in [-0.39, 0.29) is 6.29 Å². The molecule has 0 aromatic rings. The van der Waals surface area contributed by atoms with E-state index < -0.39 is 0 Å². The average Bonchev–Trinajstić information content (AvgIpc) is 2.25. The van der Waals surface area contributed by atoms with Gasteiger partial charge in [0.2, 0.25) is 0 Å². The van der Waals surface area contributed by atoms with E-state index >= 15 is 0 Å². The summed E-state index contributed by atoms with van der Waals surface area (Å²) < 4.78 is 10.8. The molecule has 0 saturated heterocycles.